The number of piperidine rings is 1. The molecule has 3 rings (SSSR count). The van der Waals surface area contributed by atoms with Gasteiger partial charge in [-0.25, -0.2) is 0 Å². The van der Waals surface area contributed by atoms with Gasteiger partial charge in [0.1, 0.15) is 6.61 Å². The third kappa shape index (κ3) is 4.13. The van der Waals surface area contributed by atoms with Crippen LogP contribution in [0.4, 0.5) is 0 Å². The van der Waals surface area contributed by atoms with Crippen molar-refractivity contribution in [2.24, 2.45) is 23.2 Å². The first-order valence-electron chi connectivity index (χ1n) is 10.1. The van der Waals surface area contributed by atoms with Crippen molar-refractivity contribution in [1.29, 1.82) is 0 Å². The second-order valence-corrected chi connectivity index (χ2v) is 8.98. The number of amides is 1. The van der Waals surface area contributed by atoms with Gasteiger partial charge >= 0.3 is 0 Å². The van der Waals surface area contributed by atoms with Crippen molar-refractivity contribution in [3.8, 4) is 0 Å². The zero-order valence-electron chi connectivity index (χ0n) is 15.9. The van der Waals surface area contributed by atoms with Crippen molar-refractivity contribution in [1.82, 2.24) is 10.2 Å². The summed E-state index contributed by atoms with van der Waals surface area (Å²) in [6.07, 6.45) is 7.53. The lowest BCUT2D eigenvalue weighted by Gasteiger charge is -2.40. The molecule has 0 aromatic carbocycles. The third-order valence-corrected chi connectivity index (χ3v) is 6.89. The fourth-order valence-electron chi connectivity index (χ4n) is 5.03. The highest BCUT2D eigenvalue weighted by Gasteiger charge is 2.38. The van der Waals surface area contributed by atoms with Gasteiger partial charge < -0.3 is 15.0 Å². The van der Waals surface area contributed by atoms with Crippen LogP contribution in [0.5, 0.6) is 0 Å². The summed E-state index contributed by atoms with van der Waals surface area (Å²) in [6, 6.07) is 0. The number of hydrogen-bond acceptors (Lipinski definition) is 3. The van der Waals surface area contributed by atoms with Crippen LogP contribution in [-0.4, -0.2) is 49.7 Å². The van der Waals surface area contributed by atoms with Crippen LogP contribution in [0.15, 0.2) is 0 Å². The summed E-state index contributed by atoms with van der Waals surface area (Å²) in [6.45, 7) is 11.3. The highest BCUT2D eigenvalue weighted by atomic mass is 16.5. The molecule has 1 N–H and O–H groups in total. The summed E-state index contributed by atoms with van der Waals surface area (Å²) >= 11 is 0. The Kier molecular flexibility index (Phi) is 5.86. The van der Waals surface area contributed by atoms with Crippen LogP contribution in [0, 0.1) is 23.2 Å². The summed E-state index contributed by atoms with van der Waals surface area (Å²) in [5.74, 6) is 2.19. The van der Waals surface area contributed by atoms with E-state index in [1.807, 2.05) is 4.90 Å². The van der Waals surface area contributed by atoms with Crippen molar-refractivity contribution >= 4 is 5.91 Å². The molecule has 0 aromatic heterocycles. The highest BCUT2D eigenvalue weighted by molar-refractivity contribution is 5.77. The minimum absolute atomic E-state index is 0.205. The molecule has 1 spiro atoms. The predicted octanol–water partition coefficient (Wildman–Crippen LogP) is 3.07. The summed E-state index contributed by atoms with van der Waals surface area (Å²) in [5.41, 5.74) is 0.471. The Morgan fingerprint density at radius 1 is 1.25 bits per heavy atom. The van der Waals surface area contributed by atoms with Crippen molar-refractivity contribution in [3.05, 3.63) is 0 Å². The topological polar surface area (TPSA) is 41.6 Å². The molecule has 4 heteroatoms. The molecule has 3 atom stereocenters. The average molecular weight is 337 g/mol. The van der Waals surface area contributed by atoms with E-state index in [2.05, 4.69) is 26.1 Å². The molecule has 0 aromatic rings. The third-order valence-electron chi connectivity index (χ3n) is 6.89. The maximum Gasteiger partial charge on any atom is 0.248 e. The predicted molar refractivity (Wildman–Crippen MR) is 96.8 cm³/mol. The van der Waals surface area contributed by atoms with Crippen LogP contribution in [-0.2, 0) is 9.53 Å². The lowest BCUT2D eigenvalue weighted by atomic mass is 9.75. The highest BCUT2D eigenvalue weighted by Crippen LogP contribution is 2.37. The summed E-state index contributed by atoms with van der Waals surface area (Å²) < 4.78 is 6.16. The number of nitrogens with one attached hydrogen (secondary N) is 1. The molecule has 1 amide bonds. The van der Waals surface area contributed by atoms with Crippen molar-refractivity contribution in [3.63, 3.8) is 0 Å². The fourth-order valence-corrected chi connectivity index (χ4v) is 5.03. The largest absolute Gasteiger partial charge is 0.368 e. The number of carbonyl (C=O) groups excluding carboxylic acids is 1. The summed E-state index contributed by atoms with van der Waals surface area (Å²) in [5, 5.41) is 3.49. The quantitative estimate of drug-likeness (QED) is 0.858. The Bertz CT molecular complexity index is 421. The second-order valence-electron chi connectivity index (χ2n) is 8.98. The van der Waals surface area contributed by atoms with Crippen molar-refractivity contribution in [2.45, 2.75) is 65.4 Å². The van der Waals surface area contributed by atoms with Gasteiger partial charge in [0.05, 0.1) is 6.10 Å². The number of rotatable bonds is 4. The molecule has 138 valence electrons. The smallest absolute Gasteiger partial charge is 0.248 e. The van der Waals surface area contributed by atoms with Crippen LogP contribution in [0.25, 0.3) is 0 Å². The van der Waals surface area contributed by atoms with Crippen molar-refractivity contribution in [2.75, 3.05) is 32.8 Å². The number of likely N-dealkylation sites (tertiary alicyclic amines) is 1. The molecule has 0 bridgehead atoms. The summed E-state index contributed by atoms with van der Waals surface area (Å²) in [7, 11) is 0. The molecule has 2 heterocycles. The van der Waals surface area contributed by atoms with E-state index in [1.165, 1.54) is 19.3 Å². The molecular formula is C20H36N2O2. The van der Waals surface area contributed by atoms with Crippen LogP contribution >= 0.6 is 0 Å². The maximum atomic E-state index is 12.6. The second kappa shape index (κ2) is 7.74. The van der Waals surface area contributed by atoms with Gasteiger partial charge in [0.25, 0.3) is 0 Å². The lowest BCUT2D eigenvalue weighted by molar-refractivity contribution is -0.143. The van der Waals surface area contributed by atoms with Gasteiger partial charge in [0.2, 0.25) is 5.91 Å². The molecule has 1 saturated carbocycles. The van der Waals surface area contributed by atoms with Gasteiger partial charge in [0.15, 0.2) is 0 Å². The molecule has 2 aliphatic heterocycles. The molecule has 3 fully saturated rings. The van der Waals surface area contributed by atoms with E-state index in [4.69, 9.17) is 4.74 Å². The normalized spacial score (nSPS) is 33.3. The molecule has 3 aliphatic rings. The van der Waals surface area contributed by atoms with Gasteiger partial charge in [-0.2, -0.15) is 0 Å². The standard InChI is InChI=1S/C20H36N2O2/c1-15(2)17-5-4-16(3)12-18(17)24-13-19(23)22-10-7-20(8-11-22)6-9-21-14-20/h15-18,21H,4-14H2,1-3H3. The van der Waals surface area contributed by atoms with E-state index in [1.54, 1.807) is 0 Å². The van der Waals surface area contributed by atoms with Crippen LogP contribution in [0.2, 0.25) is 0 Å². The average Bonchev–Trinajstić information content (AvgIpc) is 3.01. The first-order valence-corrected chi connectivity index (χ1v) is 10.1. The van der Waals surface area contributed by atoms with Crippen LogP contribution in [0.3, 0.4) is 0 Å². The molecule has 2 saturated heterocycles. The van der Waals surface area contributed by atoms with E-state index < -0.39 is 0 Å². The number of carbonyl (C=O) groups is 1. The van der Waals surface area contributed by atoms with Crippen LogP contribution < -0.4 is 5.32 Å². The molecule has 4 nitrogen and oxygen atoms in total. The zero-order valence-corrected chi connectivity index (χ0v) is 15.9. The summed E-state index contributed by atoms with van der Waals surface area (Å²) in [4.78, 5) is 14.6. The molecule has 1 aliphatic carbocycles. The zero-order chi connectivity index (χ0) is 17.2. The van der Waals surface area contributed by atoms with Crippen molar-refractivity contribution < 1.29 is 9.53 Å². The Hall–Kier alpha value is -0.610. The first kappa shape index (κ1) is 18.2. The van der Waals surface area contributed by atoms with E-state index in [-0.39, 0.29) is 18.6 Å². The SMILES string of the molecule is CC1CCC(C(C)C)C(OCC(=O)N2CCC3(CCNC3)CC2)C1. The van der Waals surface area contributed by atoms with Gasteiger partial charge in [-0.15, -0.1) is 0 Å². The van der Waals surface area contributed by atoms with E-state index in [0.717, 1.165) is 51.4 Å². The van der Waals surface area contributed by atoms with E-state index in [9.17, 15) is 4.79 Å². The van der Waals surface area contributed by atoms with Gasteiger partial charge in [0, 0.05) is 19.6 Å². The molecule has 3 unspecified atom stereocenters. The molecule has 0 radical (unpaired) electrons. The monoisotopic (exact) mass is 336 g/mol. The molecule has 24 heavy (non-hydrogen) atoms. The minimum Gasteiger partial charge on any atom is -0.368 e. The Morgan fingerprint density at radius 3 is 2.62 bits per heavy atom. The number of nitrogens with zero attached hydrogens (tertiary/aromatic N) is 1. The maximum absolute atomic E-state index is 12.6. The van der Waals surface area contributed by atoms with Gasteiger partial charge in [-0.3, -0.25) is 4.79 Å². The fraction of sp³-hybridized carbons (Fsp3) is 0.950. The number of hydrogen-bond donors (Lipinski definition) is 1. The lowest BCUT2D eigenvalue weighted by Crippen LogP contribution is -2.46. The molecular weight excluding hydrogens is 300 g/mol. The first-order chi connectivity index (χ1) is 11.5. The van der Waals surface area contributed by atoms with Gasteiger partial charge in [-0.05, 0) is 61.8 Å². The Labute approximate surface area is 147 Å². The Morgan fingerprint density at radius 2 is 2.00 bits per heavy atom. The van der Waals surface area contributed by atoms with E-state index >= 15 is 0 Å². The Balaban J connectivity index is 1.46. The minimum atomic E-state index is 0.205. The van der Waals surface area contributed by atoms with Gasteiger partial charge in [-0.1, -0.05) is 27.2 Å². The van der Waals surface area contributed by atoms with E-state index in [0.29, 0.717) is 17.3 Å². The number of ether oxygens (including phenoxy) is 1. The van der Waals surface area contributed by atoms with Crippen LogP contribution in [0.1, 0.15) is 59.3 Å².